The van der Waals surface area contributed by atoms with Crippen molar-refractivity contribution in [2.75, 3.05) is 36.7 Å². The van der Waals surface area contributed by atoms with Gasteiger partial charge in [0.15, 0.2) is 15.0 Å². The molecule has 0 atom stereocenters. The molecule has 0 spiro atoms. The average molecular weight is 518 g/mol. The first-order chi connectivity index (χ1) is 16.7. The number of methoxy groups -OCH3 is 1. The normalized spacial score (nSPS) is 14.4. The van der Waals surface area contributed by atoms with E-state index in [-0.39, 0.29) is 27.9 Å². The number of ether oxygens (including phenoxy) is 2. The minimum absolute atomic E-state index is 0.00115. The predicted octanol–water partition coefficient (Wildman–Crippen LogP) is 2.42. The van der Waals surface area contributed by atoms with Crippen LogP contribution in [0.2, 0.25) is 0 Å². The third kappa shape index (κ3) is 5.92. The SMILES string of the molecule is COC(=O)c1ccc(NC(=O)c2csc(N3CCC(Oc4ncccn4)CC3)n2)c(S(C)(=O)=O)c1. The van der Waals surface area contributed by atoms with Crippen LogP contribution in [0.15, 0.2) is 46.9 Å². The molecule has 13 heteroatoms. The van der Waals surface area contributed by atoms with E-state index >= 15 is 0 Å². The molecule has 1 aliphatic rings. The Morgan fingerprint density at radius 1 is 1.17 bits per heavy atom. The van der Waals surface area contributed by atoms with Crippen LogP contribution in [0.4, 0.5) is 10.8 Å². The van der Waals surface area contributed by atoms with E-state index in [1.54, 1.807) is 23.8 Å². The highest BCUT2D eigenvalue weighted by Crippen LogP contribution is 2.27. The van der Waals surface area contributed by atoms with Crippen LogP contribution in [0.25, 0.3) is 0 Å². The Bertz CT molecular complexity index is 1320. The molecule has 3 heterocycles. The molecule has 1 aromatic carbocycles. The van der Waals surface area contributed by atoms with Crippen LogP contribution in [0.1, 0.15) is 33.7 Å². The van der Waals surface area contributed by atoms with Gasteiger partial charge in [-0.2, -0.15) is 0 Å². The van der Waals surface area contributed by atoms with E-state index in [0.717, 1.165) is 19.1 Å². The average Bonchev–Trinajstić information content (AvgIpc) is 3.35. The zero-order valence-corrected chi connectivity index (χ0v) is 20.6. The minimum Gasteiger partial charge on any atom is -0.465 e. The number of nitrogens with zero attached hydrogens (tertiary/aromatic N) is 4. The maximum Gasteiger partial charge on any atom is 0.337 e. The van der Waals surface area contributed by atoms with Crippen LogP contribution < -0.4 is 15.0 Å². The number of hydrogen-bond acceptors (Lipinski definition) is 11. The van der Waals surface area contributed by atoms with E-state index in [4.69, 9.17) is 4.74 Å². The molecule has 0 unspecified atom stereocenters. The fraction of sp³-hybridized carbons (Fsp3) is 0.318. The lowest BCUT2D eigenvalue weighted by Gasteiger charge is -2.31. The van der Waals surface area contributed by atoms with Crippen LogP contribution in [-0.2, 0) is 14.6 Å². The third-order valence-corrected chi connectivity index (χ3v) is 7.34. The second kappa shape index (κ2) is 10.4. The van der Waals surface area contributed by atoms with Crippen molar-refractivity contribution in [3.63, 3.8) is 0 Å². The van der Waals surface area contributed by atoms with Crippen LogP contribution in [0, 0.1) is 0 Å². The highest BCUT2D eigenvalue weighted by Gasteiger charge is 2.25. The maximum atomic E-state index is 12.8. The number of sulfone groups is 1. The zero-order chi connectivity index (χ0) is 25.0. The summed E-state index contributed by atoms with van der Waals surface area (Å²) in [5, 5.41) is 4.90. The Morgan fingerprint density at radius 3 is 2.54 bits per heavy atom. The van der Waals surface area contributed by atoms with Gasteiger partial charge in [0.1, 0.15) is 11.8 Å². The summed E-state index contributed by atoms with van der Waals surface area (Å²) in [5.41, 5.74) is 0.284. The van der Waals surface area contributed by atoms with Crippen molar-refractivity contribution in [3.05, 3.63) is 53.3 Å². The summed E-state index contributed by atoms with van der Waals surface area (Å²) in [4.78, 5) is 39.1. The Morgan fingerprint density at radius 2 is 1.89 bits per heavy atom. The molecule has 4 rings (SSSR count). The number of nitrogens with one attached hydrogen (secondary N) is 1. The summed E-state index contributed by atoms with van der Waals surface area (Å²) in [7, 11) is -2.54. The summed E-state index contributed by atoms with van der Waals surface area (Å²) >= 11 is 1.33. The minimum atomic E-state index is -3.73. The molecule has 35 heavy (non-hydrogen) atoms. The standard InChI is InChI=1S/C22H23N5O6S2/c1-32-20(29)14-4-5-16(18(12-14)35(2,30)31)25-19(28)17-13-34-22(26-17)27-10-6-15(7-11-27)33-21-23-8-3-9-24-21/h3-5,8-9,12-13,15H,6-7,10-11H2,1-2H3,(H,25,28). The van der Waals surface area contributed by atoms with Crippen molar-refractivity contribution in [1.29, 1.82) is 0 Å². The number of aromatic nitrogens is 3. The molecule has 2 aromatic heterocycles. The number of esters is 1. The summed E-state index contributed by atoms with van der Waals surface area (Å²) < 4.78 is 34.9. The predicted molar refractivity (Wildman–Crippen MR) is 129 cm³/mol. The lowest BCUT2D eigenvalue weighted by molar-refractivity contribution is 0.0600. The molecular formula is C22H23N5O6S2. The van der Waals surface area contributed by atoms with Crippen molar-refractivity contribution in [3.8, 4) is 6.01 Å². The summed E-state index contributed by atoms with van der Waals surface area (Å²) in [6, 6.07) is 6.00. The molecule has 0 bridgehead atoms. The van der Waals surface area contributed by atoms with E-state index in [1.807, 2.05) is 0 Å². The van der Waals surface area contributed by atoms with Gasteiger partial charge in [0.2, 0.25) is 0 Å². The molecule has 3 aromatic rings. The Kier molecular flexibility index (Phi) is 7.26. The van der Waals surface area contributed by atoms with Crippen molar-refractivity contribution < 1.29 is 27.5 Å². The summed E-state index contributed by atoms with van der Waals surface area (Å²) in [6.07, 6.45) is 5.77. The van der Waals surface area contributed by atoms with Crippen molar-refractivity contribution >= 4 is 43.9 Å². The van der Waals surface area contributed by atoms with Crippen molar-refractivity contribution in [2.24, 2.45) is 0 Å². The van der Waals surface area contributed by atoms with E-state index in [0.29, 0.717) is 24.2 Å². The monoisotopic (exact) mass is 517 g/mol. The molecule has 184 valence electrons. The van der Waals surface area contributed by atoms with Crippen LogP contribution >= 0.6 is 11.3 Å². The molecule has 1 fully saturated rings. The Labute approximate surface area is 206 Å². The van der Waals surface area contributed by atoms with Crippen molar-refractivity contribution in [1.82, 2.24) is 15.0 Å². The number of carbonyl (C=O) groups is 2. The van der Waals surface area contributed by atoms with Crippen LogP contribution in [-0.4, -0.2) is 67.8 Å². The number of rotatable bonds is 7. The fourth-order valence-corrected chi connectivity index (χ4v) is 5.26. The van der Waals surface area contributed by atoms with Gasteiger partial charge in [0.25, 0.3) is 5.91 Å². The molecule has 1 aliphatic heterocycles. The maximum absolute atomic E-state index is 12.8. The topological polar surface area (TPSA) is 141 Å². The molecule has 1 saturated heterocycles. The molecule has 0 saturated carbocycles. The van der Waals surface area contributed by atoms with E-state index in [2.05, 4.69) is 29.9 Å². The number of piperidine rings is 1. The van der Waals surface area contributed by atoms with Gasteiger partial charge in [-0.25, -0.2) is 28.2 Å². The van der Waals surface area contributed by atoms with E-state index in [1.165, 1.54) is 36.6 Å². The Balaban J connectivity index is 1.41. The van der Waals surface area contributed by atoms with Crippen LogP contribution in [0.3, 0.4) is 0 Å². The number of anilines is 2. The number of hydrogen-bond donors (Lipinski definition) is 1. The smallest absolute Gasteiger partial charge is 0.337 e. The first-order valence-electron chi connectivity index (χ1n) is 10.6. The number of carbonyl (C=O) groups excluding carboxylic acids is 2. The van der Waals surface area contributed by atoms with Gasteiger partial charge in [-0.3, -0.25) is 4.79 Å². The first kappa shape index (κ1) is 24.5. The van der Waals surface area contributed by atoms with Gasteiger partial charge in [0, 0.05) is 50.0 Å². The summed E-state index contributed by atoms with van der Waals surface area (Å²) in [6.45, 7) is 1.39. The van der Waals surface area contributed by atoms with Gasteiger partial charge in [-0.05, 0) is 24.3 Å². The van der Waals surface area contributed by atoms with Gasteiger partial charge in [0.05, 0.1) is 23.3 Å². The lowest BCUT2D eigenvalue weighted by atomic mass is 10.1. The van der Waals surface area contributed by atoms with Crippen molar-refractivity contribution in [2.45, 2.75) is 23.8 Å². The highest BCUT2D eigenvalue weighted by molar-refractivity contribution is 7.90. The molecule has 0 aliphatic carbocycles. The second-order valence-corrected chi connectivity index (χ2v) is 10.6. The highest BCUT2D eigenvalue weighted by atomic mass is 32.2. The molecule has 0 radical (unpaired) electrons. The Hall–Kier alpha value is -3.58. The zero-order valence-electron chi connectivity index (χ0n) is 19.0. The van der Waals surface area contributed by atoms with Gasteiger partial charge in [-0.15, -0.1) is 11.3 Å². The summed E-state index contributed by atoms with van der Waals surface area (Å²) in [5.74, 6) is -1.23. The lowest BCUT2D eigenvalue weighted by Crippen LogP contribution is -2.38. The number of thiazole rings is 1. The molecular weight excluding hydrogens is 494 g/mol. The van der Waals surface area contributed by atoms with Gasteiger partial charge in [-0.1, -0.05) is 0 Å². The van der Waals surface area contributed by atoms with Crippen LogP contribution in [0.5, 0.6) is 6.01 Å². The fourth-order valence-electron chi connectivity index (χ4n) is 3.54. The quantitative estimate of drug-likeness (QED) is 0.465. The number of benzene rings is 1. The van der Waals surface area contributed by atoms with E-state index in [9.17, 15) is 18.0 Å². The van der Waals surface area contributed by atoms with E-state index < -0.39 is 21.7 Å². The van der Waals surface area contributed by atoms with Gasteiger partial charge >= 0.3 is 12.0 Å². The third-order valence-electron chi connectivity index (χ3n) is 5.30. The molecule has 1 amide bonds. The first-order valence-corrected chi connectivity index (χ1v) is 13.4. The number of amides is 1. The molecule has 1 N–H and O–H groups in total. The van der Waals surface area contributed by atoms with Gasteiger partial charge < -0.3 is 19.7 Å². The largest absolute Gasteiger partial charge is 0.465 e. The molecule has 11 nitrogen and oxygen atoms in total. The second-order valence-electron chi connectivity index (χ2n) is 7.78.